The van der Waals surface area contributed by atoms with Gasteiger partial charge in [-0.05, 0) is 49.6 Å². The van der Waals surface area contributed by atoms with Gasteiger partial charge in [0.2, 0.25) is 0 Å². The Kier molecular flexibility index (Phi) is 5.70. The minimum atomic E-state index is -0.373. The Morgan fingerprint density at radius 3 is 2.93 bits per heavy atom. The molecule has 0 unspecified atom stereocenters. The summed E-state index contributed by atoms with van der Waals surface area (Å²) in [4.78, 5) is 23.6. The van der Waals surface area contributed by atoms with Gasteiger partial charge in [0.25, 0.3) is 0 Å². The van der Waals surface area contributed by atoms with Crippen molar-refractivity contribution >= 4 is 22.8 Å². The van der Waals surface area contributed by atoms with Crippen LogP contribution >= 0.6 is 0 Å². The second-order valence-corrected chi connectivity index (χ2v) is 7.62. The second-order valence-electron chi connectivity index (χ2n) is 7.62. The van der Waals surface area contributed by atoms with Gasteiger partial charge in [0.15, 0.2) is 5.82 Å². The van der Waals surface area contributed by atoms with E-state index >= 15 is 0 Å². The number of aromatic nitrogens is 2. The van der Waals surface area contributed by atoms with Crippen LogP contribution in [0.1, 0.15) is 28.2 Å². The fourth-order valence-electron chi connectivity index (χ4n) is 3.72. The van der Waals surface area contributed by atoms with Gasteiger partial charge in [-0.15, -0.1) is 0 Å². The van der Waals surface area contributed by atoms with Crippen LogP contribution in [0.5, 0.6) is 5.75 Å². The Labute approximate surface area is 178 Å². The number of nitrogens with zero attached hydrogens (tertiary/aromatic N) is 3. The molecule has 3 aromatic rings. The number of benzene rings is 2. The highest BCUT2D eigenvalue weighted by Gasteiger charge is 2.27. The number of carbonyl (C=O) groups is 1. The van der Waals surface area contributed by atoms with Gasteiger partial charge in [-0.3, -0.25) is 0 Å². The van der Waals surface area contributed by atoms with Crippen molar-refractivity contribution in [2.45, 2.75) is 32.7 Å². The molecule has 0 spiro atoms. The van der Waals surface area contributed by atoms with Crippen LogP contribution in [-0.2, 0) is 4.74 Å². The van der Waals surface area contributed by atoms with E-state index in [0.29, 0.717) is 24.5 Å². The maximum absolute atomic E-state index is 11.9. The SMILES string of the molecule is CCCOC(=O)N[C@@H]1CCN(c2nc(-c3ccccc3O)nc3cc(C)ccc23)C1.[HH].[HH]. The predicted octanol–water partition coefficient (Wildman–Crippen LogP) is 4.52. The number of phenolic OH excluding ortho intramolecular Hbond substituents is 1. The third-order valence-corrected chi connectivity index (χ3v) is 5.22. The van der Waals surface area contributed by atoms with Gasteiger partial charge in [0.1, 0.15) is 11.6 Å². The van der Waals surface area contributed by atoms with Gasteiger partial charge in [0, 0.05) is 21.3 Å². The summed E-state index contributed by atoms with van der Waals surface area (Å²) < 4.78 is 5.15. The van der Waals surface area contributed by atoms with Gasteiger partial charge in [-0.2, -0.15) is 0 Å². The maximum Gasteiger partial charge on any atom is 0.407 e. The standard InChI is InChI=1S/C23H26N4O3.2H2/c1-3-12-30-23(29)24-16-10-11-27(14-16)22-17-9-8-15(2)13-19(17)25-21(26-22)18-6-4-5-7-20(18)28;;/h4-9,13,16,28H,3,10-12,14H2,1-2H3,(H,24,29);2*1H/t16-;;/m1../s1. The van der Waals surface area contributed by atoms with Crippen LogP contribution in [0.25, 0.3) is 22.3 Å². The summed E-state index contributed by atoms with van der Waals surface area (Å²) in [5.74, 6) is 1.44. The minimum Gasteiger partial charge on any atom is -0.507 e. The largest absolute Gasteiger partial charge is 0.507 e. The Hall–Kier alpha value is -3.35. The van der Waals surface area contributed by atoms with Crippen molar-refractivity contribution in [2.24, 2.45) is 0 Å². The van der Waals surface area contributed by atoms with E-state index in [2.05, 4.69) is 10.2 Å². The fraction of sp³-hybridized carbons (Fsp3) is 0.348. The van der Waals surface area contributed by atoms with Crippen molar-refractivity contribution in [3.8, 4) is 17.1 Å². The molecule has 30 heavy (non-hydrogen) atoms. The average molecular weight is 411 g/mol. The van der Waals surface area contributed by atoms with Crippen LogP contribution < -0.4 is 10.2 Å². The Balaban J connectivity index is 0.00000181. The first kappa shape index (κ1) is 19.9. The lowest BCUT2D eigenvalue weighted by Gasteiger charge is -2.21. The molecule has 1 aliphatic heterocycles. The number of fused-ring (bicyclic) bond motifs is 1. The number of nitrogens with one attached hydrogen (secondary N) is 1. The quantitative estimate of drug-likeness (QED) is 0.643. The molecule has 0 aliphatic carbocycles. The molecule has 2 aromatic carbocycles. The zero-order valence-electron chi connectivity index (χ0n) is 17.3. The van der Waals surface area contributed by atoms with Crippen LogP contribution in [0, 0.1) is 6.92 Å². The highest BCUT2D eigenvalue weighted by atomic mass is 16.5. The van der Waals surface area contributed by atoms with Crippen LogP contribution in [0.2, 0.25) is 0 Å². The van der Waals surface area contributed by atoms with E-state index in [9.17, 15) is 9.90 Å². The first-order valence-electron chi connectivity index (χ1n) is 10.3. The van der Waals surface area contributed by atoms with Crippen molar-refractivity contribution in [1.29, 1.82) is 0 Å². The van der Waals surface area contributed by atoms with Crippen molar-refractivity contribution in [2.75, 3.05) is 24.6 Å². The molecule has 160 valence electrons. The van der Waals surface area contributed by atoms with E-state index < -0.39 is 0 Å². The number of hydrogen-bond donors (Lipinski definition) is 2. The Morgan fingerprint density at radius 2 is 2.13 bits per heavy atom. The summed E-state index contributed by atoms with van der Waals surface area (Å²) in [6.45, 7) is 5.82. The number of phenols is 1. The van der Waals surface area contributed by atoms with Crippen LogP contribution in [-0.4, -0.2) is 46.9 Å². The summed E-state index contributed by atoms with van der Waals surface area (Å²) in [7, 11) is 0. The molecule has 1 amide bonds. The molecular weight excluding hydrogens is 380 g/mol. The van der Waals surface area contributed by atoms with Gasteiger partial charge in [-0.1, -0.05) is 25.1 Å². The number of carbonyl (C=O) groups excluding carboxylic acids is 1. The zero-order chi connectivity index (χ0) is 21.1. The zero-order valence-corrected chi connectivity index (χ0v) is 17.3. The normalized spacial score (nSPS) is 16.1. The Bertz CT molecular complexity index is 1080. The lowest BCUT2D eigenvalue weighted by Crippen LogP contribution is -2.37. The van der Waals surface area contributed by atoms with E-state index in [-0.39, 0.29) is 20.7 Å². The molecule has 1 atom stereocenters. The van der Waals surface area contributed by atoms with E-state index in [1.54, 1.807) is 12.1 Å². The third kappa shape index (κ3) is 4.15. The predicted molar refractivity (Wildman–Crippen MR) is 121 cm³/mol. The third-order valence-electron chi connectivity index (χ3n) is 5.22. The number of alkyl carbamates (subject to hydrolysis) is 1. The number of anilines is 1. The molecule has 1 aliphatic rings. The average Bonchev–Trinajstić information content (AvgIpc) is 3.19. The summed E-state index contributed by atoms with van der Waals surface area (Å²) in [5, 5.41) is 14.2. The van der Waals surface area contributed by atoms with Gasteiger partial charge in [0.05, 0.1) is 23.7 Å². The molecule has 7 nitrogen and oxygen atoms in total. The summed E-state index contributed by atoms with van der Waals surface area (Å²) in [6, 6.07) is 13.2. The van der Waals surface area contributed by atoms with Gasteiger partial charge in [-0.25, -0.2) is 14.8 Å². The van der Waals surface area contributed by atoms with E-state index in [4.69, 9.17) is 14.7 Å². The van der Waals surface area contributed by atoms with Crippen molar-refractivity contribution < 1.29 is 17.5 Å². The summed E-state index contributed by atoms with van der Waals surface area (Å²) >= 11 is 0. The number of aryl methyl sites for hydroxylation is 1. The monoisotopic (exact) mass is 410 g/mol. The Morgan fingerprint density at radius 1 is 1.30 bits per heavy atom. The molecule has 1 fully saturated rings. The number of aromatic hydroxyl groups is 1. The first-order valence-corrected chi connectivity index (χ1v) is 10.3. The highest BCUT2D eigenvalue weighted by molar-refractivity contribution is 5.92. The first-order chi connectivity index (χ1) is 14.5. The minimum absolute atomic E-state index is 0. The van der Waals surface area contributed by atoms with Crippen molar-refractivity contribution in [3.05, 3.63) is 48.0 Å². The van der Waals surface area contributed by atoms with Crippen LogP contribution in [0.3, 0.4) is 0 Å². The molecule has 0 bridgehead atoms. The van der Waals surface area contributed by atoms with Gasteiger partial charge >= 0.3 is 6.09 Å². The molecule has 4 rings (SSSR count). The van der Waals surface area contributed by atoms with Crippen LogP contribution in [0.4, 0.5) is 10.6 Å². The van der Waals surface area contributed by atoms with E-state index in [1.807, 2.05) is 44.2 Å². The number of ether oxygens (including phenoxy) is 1. The summed E-state index contributed by atoms with van der Waals surface area (Å²) in [6.07, 6.45) is 1.23. The smallest absolute Gasteiger partial charge is 0.407 e. The summed E-state index contributed by atoms with van der Waals surface area (Å²) in [5.41, 5.74) is 2.53. The lowest BCUT2D eigenvalue weighted by atomic mass is 10.1. The van der Waals surface area contributed by atoms with Crippen LogP contribution in [0.15, 0.2) is 42.5 Å². The highest BCUT2D eigenvalue weighted by Crippen LogP contribution is 2.33. The molecule has 2 N–H and O–H groups in total. The lowest BCUT2D eigenvalue weighted by molar-refractivity contribution is 0.143. The molecular formula is C23H30N4O3. The second kappa shape index (κ2) is 8.57. The molecule has 0 radical (unpaired) electrons. The van der Waals surface area contributed by atoms with Crippen molar-refractivity contribution in [3.63, 3.8) is 0 Å². The van der Waals surface area contributed by atoms with E-state index in [0.717, 1.165) is 41.7 Å². The molecule has 1 saturated heterocycles. The number of hydrogen-bond acceptors (Lipinski definition) is 6. The van der Waals surface area contributed by atoms with Gasteiger partial charge < -0.3 is 20.1 Å². The topological polar surface area (TPSA) is 87.6 Å². The molecule has 2 heterocycles. The number of rotatable bonds is 5. The molecule has 1 aromatic heterocycles. The van der Waals surface area contributed by atoms with Crippen molar-refractivity contribution in [1.82, 2.24) is 15.3 Å². The maximum atomic E-state index is 11.9. The molecule has 0 saturated carbocycles. The number of amides is 1. The fourth-order valence-corrected chi connectivity index (χ4v) is 3.72. The van der Waals surface area contributed by atoms with E-state index in [1.165, 1.54) is 0 Å². The number of para-hydroxylation sites is 1. The molecule has 7 heteroatoms.